The van der Waals surface area contributed by atoms with Crippen LogP contribution in [-0.2, 0) is 23.7 Å². The summed E-state index contributed by atoms with van der Waals surface area (Å²) in [7, 11) is 0. The summed E-state index contributed by atoms with van der Waals surface area (Å²) < 4.78 is 9.14. The second-order valence-corrected chi connectivity index (χ2v) is 18.6. The third kappa shape index (κ3) is 4.57. The van der Waals surface area contributed by atoms with Crippen LogP contribution < -0.4 is 26.0 Å². The fourth-order valence-corrected chi connectivity index (χ4v) is 11.8. The highest BCUT2D eigenvalue weighted by Crippen LogP contribution is 2.49. The fourth-order valence-electron chi connectivity index (χ4n) is 10.6. The molecule has 0 bridgehead atoms. The van der Waals surface area contributed by atoms with E-state index in [9.17, 15) is 0 Å². The van der Waals surface area contributed by atoms with Gasteiger partial charge in [-0.2, -0.15) is 0 Å². The van der Waals surface area contributed by atoms with Crippen molar-refractivity contribution in [2.24, 2.45) is 0 Å². The number of anilines is 2. The summed E-state index contributed by atoms with van der Waals surface area (Å²) in [6, 6.07) is 37.7. The van der Waals surface area contributed by atoms with E-state index in [0.717, 1.165) is 42.9 Å². The number of aromatic nitrogens is 1. The van der Waals surface area contributed by atoms with Crippen LogP contribution in [0.3, 0.4) is 0 Å². The minimum Gasteiger partial charge on any atom is -0.458 e. The van der Waals surface area contributed by atoms with E-state index >= 15 is 0 Å². The molecule has 3 aliphatic heterocycles. The Bertz CT molecular complexity index is 2610. The Labute approximate surface area is 324 Å². The van der Waals surface area contributed by atoms with Crippen LogP contribution in [0.2, 0.25) is 0 Å². The number of fused-ring (bicyclic) bond motifs is 8. The minimum atomic E-state index is -0.134. The van der Waals surface area contributed by atoms with Gasteiger partial charge >= 0.3 is 0 Å². The molecule has 6 aromatic rings. The van der Waals surface area contributed by atoms with Gasteiger partial charge in [0.15, 0.2) is 5.75 Å². The van der Waals surface area contributed by atoms with Gasteiger partial charge in [-0.3, -0.25) is 0 Å². The average molecular weight is 723 g/mol. The van der Waals surface area contributed by atoms with E-state index in [1.54, 1.807) is 5.56 Å². The van der Waals surface area contributed by atoms with Crippen molar-refractivity contribution in [3.05, 3.63) is 136 Å². The van der Waals surface area contributed by atoms with Crippen molar-refractivity contribution in [2.75, 3.05) is 4.90 Å². The van der Waals surface area contributed by atoms with E-state index in [-0.39, 0.29) is 17.5 Å². The van der Waals surface area contributed by atoms with Crippen LogP contribution >= 0.6 is 11.8 Å². The van der Waals surface area contributed by atoms with E-state index in [1.807, 2.05) is 11.8 Å². The molecule has 1 unspecified atom stereocenters. The topological polar surface area (TPSA) is 17.4 Å². The molecule has 0 saturated carbocycles. The Morgan fingerprint density at radius 2 is 1.56 bits per heavy atom. The van der Waals surface area contributed by atoms with Gasteiger partial charge in [0.05, 0.1) is 16.9 Å². The summed E-state index contributed by atoms with van der Waals surface area (Å²) in [6.45, 7) is 12.2. The van der Waals surface area contributed by atoms with Crippen LogP contribution in [0.25, 0.3) is 16.6 Å². The molecule has 5 aromatic carbocycles. The lowest BCUT2D eigenvalue weighted by Crippen LogP contribution is -2.63. The molecule has 0 spiro atoms. The van der Waals surface area contributed by atoms with Crippen molar-refractivity contribution >= 4 is 57.1 Å². The zero-order valence-corrected chi connectivity index (χ0v) is 33.0. The van der Waals surface area contributed by atoms with Gasteiger partial charge in [0.25, 0.3) is 0 Å². The fraction of sp³-hybridized carbons (Fsp3) is 0.306. The predicted molar refractivity (Wildman–Crippen MR) is 227 cm³/mol. The van der Waals surface area contributed by atoms with E-state index < -0.39 is 0 Å². The molecule has 0 radical (unpaired) electrons. The number of hydrogen-bond acceptors (Lipinski definition) is 3. The molecular weight excluding hydrogens is 675 g/mol. The summed E-state index contributed by atoms with van der Waals surface area (Å²) in [5.41, 5.74) is 18.2. The predicted octanol–water partition coefficient (Wildman–Crippen LogP) is 10.7. The highest BCUT2D eigenvalue weighted by atomic mass is 32.2. The van der Waals surface area contributed by atoms with Gasteiger partial charge in [0.1, 0.15) is 5.76 Å². The lowest BCUT2D eigenvalue weighted by atomic mass is 9.31. The normalized spacial score (nSPS) is 19.5. The van der Waals surface area contributed by atoms with Crippen molar-refractivity contribution in [1.29, 1.82) is 0 Å². The second kappa shape index (κ2) is 11.7. The SMILES string of the molecule is CCC1(C)c2cc(N3C4=C(CCCC4)Oc4ccccc43)ccc2B2c3ccc(-n4c5c(c6ccccc64)CCC5)cc3Sc3cc(C(C)(C)C)cc1c32. The molecule has 5 aliphatic rings. The van der Waals surface area contributed by atoms with E-state index in [1.165, 1.54) is 102 Å². The Kier molecular flexibility index (Phi) is 7.10. The van der Waals surface area contributed by atoms with Crippen LogP contribution in [0.4, 0.5) is 11.4 Å². The molecule has 11 rings (SSSR count). The van der Waals surface area contributed by atoms with Gasteiger partial charge in [0, 0.05) is 44.1 Å². The first-order chi connectivity index (χ1) is 26.2. The number of nitrogens with zero attached hydrogens (tertiary/aromatic N) is 2. The summed E-state index contributed by atoms with van der Waals surface area (Å²) in [4.78, 5) is 5.36. The summed E-state index contributed by atoms with van der Waals surface area (Å²) >= 11 is 2.00. The Hall–Kier alpha value is -4.61. The average Bonchev–Trinajstić information content (AvgIpc) is 3.79. The molecule has 1 atom stereocenters. The second-order valence-electron chi connectivity index (χ2n) is 17.5. The zero-order valence-electron chi connectivity index (χ0n) is 32.2. The summed E-state index contributed by atoms with van der Waals surface area (Å²) in [5, 5.41) is 1.43. The quantitative estimate of drug-likeness (QED) is 0.169. The van der Waals surface area contributed by atoms with Crippen LogP contribution in [0.15, 0.2) is 118 Å². The Morgan fingerprint density at radius 1 is 0.759 bits per heavy atom. The highest BCUT2D eigenvalue weighted by molar-refractivity contribution is 8.00. The lowest BCUT2D eigenvalue weighted by molar-refractivity contribution is 0.363. The minimum absolute atomic E-state index is 0.0342. The Balaban J connectivity index is 1.13. The number of allylic oxidation sites excluding steroid dienone is 2. The van der Waals surface area contributed by atoms with Gasteiger partial charge in [-0.1, -0.05) is 111 Å². The van der Waals surface area contributed by atoms with Crippen molar-refractivity contribution in [1.82, 2.24) is 4.57 Å². The molecule has 54 heavy (non-hydrogen) atoms. The first kappa shape index (κ1) is 32.8. The van der Waals surface area contributed by atoms with Crippen molar-refractivity contribution in [3.63, 3.8) is 0 Å². The molecule has 4 heterocycles. The number of rotatable bonds is 3. The third-order valence-corrected chi connectivity index (χ3v) is 14.6. The molecule has 0 amide bonds. The number of aryl methyl sites for hydroxylation is 1. The molecule has 1 aromatic heterocycles. The molecule has 0 N–H and O–H groups in total. The third-order valence-electron chi connectivity index (χ3n) is 13.5. The van der Waals surface area contributed by atoms with E-state index in [0.29, 0.717) is 0 Å². The summed E-state index contributed by atoms with van der Waals surface area (Å²) in [6.07, 6.45) is 9.04. The van der Waals surface area contributed by atoms with Gasteiger partial charge in [-0.25, -0.2) is 0 Å². The maximum absolute atomic E-state index is 6.57. The Morgan fingerprint density at radius 3 is 2.43 bits per heavy atom. The summed E-state index contributed by atoms with van der Waals surface area (Å²) in [5.74, 6) is 2.12. The number of ether oxygens (including phenoxy) is 1. The van der Waals surface area contributed by atoms with Crippen LogP contribution in [0.5, 0.6) is 5.75 Å². The van der Waals surface area contributed by atoms with E-state index in [4.69, 9.17) is 4.74 Å². The van der Waals surface area contributed by atoms with Crippen molar-refractivity contribution in [2.45, 2.75) is 107 Å². The molecule has 5 heteroatoms. The van der Waals surface area contributed by atoms with Gasteiger partial charge < -0.3 is 14.2 Å². The van der Waals surface area contributed by atoms with Gasteiger partial charge in [-0.15, -0.1) is 0 Å². The molecule has 3 nitrogen and oxygen atoms in total. The smallest absolute Gasteiger partial charge is 0.244 e. The standard InChI is InChI=1S/C49H47BN2OS/c1-6-49(5)35-28-31(52-41-17-9-11-20-43(41)53-44-21-12-10-18-42(44)52)22-24-37(35)50-38-25-23-32(51-39-16-8-7-14-33(39)34-15-13-19-40(34)51)29-45(38)54-46-27-30(48(2,3)4)26-36(49)47(46)50/h7-9,11,14,16-17,20,22-29H,6,10,12-13,15,18-19,21H2,1-5H3. The molecule has 268 valence electrons. The number of benzene rings is 5. The van der Waals surface area contributed by atoms with Gasteiger partial charge in [-0.05, 0) is 121 Å². The number of para-hydroxylation sites is 3. The van der Waals surface area contributed by atoms with E-state index in [2.05, 4.69) is 141 Å². The first-order valence-electron chi connectivity index (χ1n) is 20.3. The molecular formula is C49H47BN2OS. The maximum atomic E-state index is 6.57. The highest BCUT2D eigenvalue weighted by Gasteiger charge is 2.47. The monoisotopic (exact) mass is 722 g/mol. The molecule has 2 aliphatic carbocycles. The van der Waals surface area contributed by atoms with Crippen molar-refractivity contribution in [3.8, 4) is 11.4 Å². The first-order valence-corrected chi connectivity index (χ1v) is 21.1. The molecule has 0 saturated heterocycles. The zero-order chi connectivity index (χ0) is 36.5. The van der Waals surface area contributed by atoms with Crippen LogP contribution in [-0.4, -0.2) is 11.3 Å². The lowest BCUT2D eigenvalue weighted by Gasteiger charge is -2.45. The van der Waals surface area contributed by atoms with Crippen LogP contribution in [0.1, 0.15) is 101 Å². The maximum Gasteiger partial charge on any atom is 0.244 e. The van der Waals surface area contributed by atoms with Crippen molar-refractivity contribution < 1.29 is 4.74 Å². The van der Waals surface area contributed by atoms with Crippen LogP contribution in [0, 0.1) is 0 Å². The largest absolute Gasteiger partial charge is 0.458 e. The molecule has 0 fully saturated rings. The van der Waals surface area contributed by atoms with Gasteiger partial charge in [0.2, 0.25) is 6.71 Å². The number of hydrogen-bond donors (Lipinski definition) is 0.